The number of hydrogen-bond donors (Lipinski definition) is 0. The Labute approximate surface area is 302 Å². The predicted octanol–water partition coefficient (Wildman–Crippen LogP) is 13.0. The lowest BCUT2D eigenvalue weighted by Crippen LogP contribution is -2.74. The van der Waals surface area contributed by atoms with Crippen molar-refractivity contribution in [3.63, 3.8) is 0 Å². The van der Waals surface area contributed by atoms with Gasteiger partial charge >= 0.3 is 0 Å². The Morgan fingerprint density at radius 3 is 2.06 bits per heavy atom. The normalized spacial score (nSPS) is 31.1. The average Bonchev–Trinajstić information content (AvgIpc) is 3.67. The van der Waals surface area contributed by atoms with E-state index in [9.17, 15) is 0 Å². The van der Waals surface area contributed by atoms with Gasteiger partial charge in [-0.05, 0) is 137 Å². The second-order valence-electron chi connectivity index (χ2n) is 18.0. The molecule has 0 amide bonds. The second kappa shape index (κ2) is 9.97. The third-order valence-electron chi connectivity index (χ3n) is 15.0. The second-order valence-corrected chi connectivity index (χ2v) is 19.1. The molecule has 4 saturated carbocycles. The van der Waals surface area contributed by atoms with Crippen LogP contribution in [0.2, 0.25) is 0 Å². The van der Waals surface area contributed by atoms with Gasteiger partial charge in [0.2, 0.25) is 0 Å². The van der Waals surface area contributed by atoms with Crippen molar-refractivity contribution < 1.29 is 0 Å². The van der Waals surface area contributed by atoms with Gasteiger partial charge in [0.15, 0.2) is 0 Å². The monoisotopic (exact) mass is 669 g/mol. The molecule has 5 aliphatic carbocycles. The highest BCUT2D eigenvalue weighted by Crippen LogP contribution is 2.89. The minimum atomic E-state index is 0.122. The first-order chi connectivity index (χ1) is 24.2. The van der Waals surface area contributed by atoms with E-state index in [0.717, 1.165) is 23.7 Å². The summed E-state index contributed by atoms with van der Waals surface area (Å²) < 4.78 is 0. The lowest BCUT2D eigenvalue weighted by Gasteiger charge is -2.78. The summed E-state index contributed by atoms with van der Waals surface area (Å²) in [4.78, 5) is 5.60. The Balaban J connectivity index is 1.21. The Kier molecular flexibility index (Phi) is 5.97. The van der Waals surface area contributed by atoms with E-state index in [1.165, 1.54) is 87.6 Å². The maximum atomic E-state index is 2.65. The number of benzene rings is 5. The molecule has 0 saturated heterocycles. The zero-order chi connectivity index (χ0) is 33.6. The van der Waals surface area contributed by atoms with Crippen molar-refractivity contribution in [1.82, 2.24) is 0 Å². The van der Waals surface area contributed by atoms with E-state index in [1.54, 1.807) is 11.1 Å². The van der Waals surface area contributed by atoms with Crippen molar-refractivity contribution in [2.45, 2.75) is 92.3 Å². The fourth-order valence-electron chi connectivity index (χ4n) is 12.9. The molecule has 0 radical (unpaired) electrons. The van der Waals surface area contributed by atoms with Gasteiger partial charge in [-0.3, -0.25) is 0 Å². The minimum Gasteiger partial charge on any atom is -0.309 e. The third kappa shape index (κ3) is 3.62. The average molecular weight is 670 g/mol. The first kappa shape index (κ1) is 29.9. The van der Waals surface area contributed by atoms with E-state index in [1.807, 2.05) is 11.8 Å². The number of para-hydroxylation sites is 1. The zero-order valence-electron chi connectivity index (χ0n) is 29.9. The molecule has 1 nitrogen and oxygen atoms in total. The summed E-state index contributed by atoms with van der Waals surface area (Å²) in [7, 11) is 0. The van der Waals surface area contributed by atoms with Gasteiger partial charge in [-0.25, -0.2) is 0 Å². The first-order valence-corrected chi connectivity index (χ1v) is 20.1. The summed E-state index contributed by atoms with van der Waals surface area (Å²) in [5.41, 5.74) is 13.8. The van der Waals surface area contributed by atoms with Gasteiger partial charge in [-0.15, -0.1) is 0 Å². The smallest absolute Gasteiger partial charge is 0.0682 e. The molecule has 5 aromatic rings. The van der Waals surface area contributed by atoms with Crippen molar-refractivity contribution >= 4 is 28.8 Å². The number of hydrogen-bond acceptors (Lipinski definition) is 2. The van der Waals surface area contributed by atoms with Crippen LogP contribution in [-0.4, -0.2) is 0 Å². The van der Waals surface area contributed by atoms with Gasteiger partial charge in [-0.2, -0.15) is 0 Å². The van der Waals surface area contributed by atoms with Crippen LogP contribution in [-0.2, 0) is 16.2 Å². The third-order valence-corrected chi connectivity index (χ3v) is 16.2. The lowest BCUT2D eigenvalue weighted by atomic mass is 9.26. The zero-order valence-corrected chi connectivity index (χ0v) is 30.7. The van der Waals surface area contributed by atoms with Crippen molar-refractivity contribution in [1.29, 1.82) is 0 Å². The quantitative estimate of drug-likeness (QED) is 0.187. The molecule has 0 aromatic heterocycles. The van der Waals surface area contributed by atoms with E-state index in [4.69, 9.17) is 0 Å². The molecule has 6 atom stereocenters. The van der Waals surface area contributed by atoms with Crippen molar-refractivity contribution in [2.24, 2.45) is 29.1 Å². The Bertz CT molecular complexity index is 2200. The topological polar surface area (TPSA) is 3.24 Å². The molecule has 250 valence electrons. The SMILES string of the molecule is CC1(C)CCC(C)(C)c2cc(N(c3ccccc3)c3c(-c4ccccc4)ccc4c3Sc3ccccc3C43C4CC5CC6CC3C64C5)ccc21. The molecule has 6 unspecified atom stereocenters. The van der Waals surface area contributed by atoms with E-state index < -0.39 is 0 Å². The number of rotatable bonds is 4. The van der Waals surface area contributed by atoms with E-state index in [0.29, 0.717) is 5.41 Å². The fraction of sp³-hybridized carbons (Fsp3) is 0.375. The van der Waals surface area contributed by atoms with E-state index in [2.05, 4.69) is 148 Å². The molecule has 6 aliphatic rings. The van der Waals surface area contributed by atoms with Crippen LogP contribution < -0.4 is 4.90 Å². The van der Waals surface area contributed by atoms with Gasteiger partial charge in [0, 0.05) is 32.1 Å². The molecule has 5 aromatic carbocycles. The van der Waals surface area contributed by atoms with Gasteiger partial charge < -0.3 is 4.90 Å². The number of anilines is 3. The summed E-state index contributed by atoms with van der Waals surface area (Å²) in [5.74, 6) is 3.45. The first-order valence-electron chi connectivity index (χ1n) is 19.2. The number of nitrogens with zero attached hydrogens (tertiary/aromatic N) is 1. The van der Waals surface area contributed by atoms with E-state index >= 15 is 0 Å². The predicted molar refractivity (Wildman–Crippen MR) is 208 cm³/mol. The Morgan fingerprint density at radius 2 is 1.28 bits per heavy atom. The Hall–Kier alpha value is -3.75. The standard InChI is InChI=1S/C48H47NS/c1-45(2)23-24-46(3,4)39-28-34(19-21-36(39)45)49(33-15-9-6-10-16-33)43-35(31-13-7-5-8-14-31)20-22-38-44(43)50-40-18-12-11-17-37(40)48(38)41-26-30-25-32-27-42(48)47(32,41)29-30/h5-22,28,30,32,41-42H,23-27,29H2,1-4H3. The van der Waals surface area contributed by atoms with Crippen LogP contribution in [0.15, 0.2) is 125 Å². The molecule has 1 heterocycles. The summed E-state index contributed by atoms with van der Waals surface area (Å²) in [6.45, 7) is 9.80. The van der Waals surface area contributed by atoms with Crippen LogP contribution >= 0.6 is 11.8 Å². The molecule has 0 N–H and O–H groups in total. The van der Waals surface area contributed by atoms with Gasteiger partial charge in [0.25, 0.3) is 0 Å². The number of fused-ring (bicyclic) bond motifs is 8. The van der Waals surface area contributed by atoms with Crippen LogP contribution in [0.25, 0.3) is 11.1 Å². The largest absolute Gasteiger partial charge is 0.309 e. The molecule has 11 rings (SSSR count). The van der Waals surface area contributed by atoms with Crippen LogP contribution in [0.3, 0.4) is 0 Å². The molecule has 1 aliphatic heterocycles. The van der Waals surface area contributed by atoms with Crippen molar-refractivity contribution in [3.05, 3.63) is 138 Å². The highest BCUT2D eigenvalue weighted by atomic mass is 32.2. The maximum absolute atomic E-state index is 2.65. The molecule has 2 bridgehead atoms. The lowest BCUT2D eigenvalue weighted by molar-refractivity contribution is -0.235. The highest BCUT2D eigenvalue weighted by molar-refractivity contribution is 7.99. The van der Waals surface area contributed by atoms with Gasteiger partial charge in [0.1, 0.15) is 0 Å². The molecule has 2 spiro atoms. The molecular formula is C48H47NS. The van der Waals surface area contributed by atoms with Crippen LogP contribution in [0.5, 0.6) is 0 Å². The maximum Gasteiger partial charge on any atom is 0.0682 e. The van der Waals surface area contributed by atoms with E-state index in [-0.39, 0.29) is 16.2 Å². The fourth-order valence-corrected chi connectivity index (χ4v) is 14.3. The molecule has 4 fully saturated rings. The van der Waals surface area contributed by atoms with Crippen LogP contribution in [0.4, 0.5) is 17.1 Å². The minimum absolute atomic E-state index is 0.122. The summed E-state index contributed by atoms with van der Waals surface area (Å²) >= 11 is 2.05. The van der Waals surface area contributed by atoms with Gasteiger partial charge in [-0.1, -0.05) is 124 Å². The molecule has 50 heavy (non-hydrogen) atoms. The van der Waals surface area contributed by atoms with Crippen molar-refractivity contribution in [2.75, 3.05) is 4.90 Å². The summed E-state index contributed by atoms with van der Waals surface area (Å²) in [6, 6.07) is 44.6. The molecular weight excluding hydrogens is 623 g/mol. The Morgan fingerprint density at radius 1 is 0.600 bits per heavy atom. The van der Waals surface area contributed by atoms with Gasteiger partial charge in [0.05, 0.1) is 5.69 Å². The highest BCUT2D eigenvalue weighted by Gasteiger charge is 2.84. The van der Waals surface area contributed by atoms with Crippen LogP contribution in [0, 0.1) is 29.1 Å². The van der Waals surface area contributed by atoms with Crippen LogP contribution in [0.1, 0.15) is 88.5 Å². The molecule has 2 heteroatoms. The van der Waals surface area contributed by atoms with Crippen molar-refractivity contribution in [3.8, 4) is 11.1 Å². The summed E-state index contributed by atoms with van der Waals surface area (Å²) in [6.07, 6.45) is 8.25. The summed E-state index contributed by atoms with van der Waals surface area (Å²) in [5, 5.41) is 0.